The average Bonchev–Trinajstić information content (AvgIpc) is 2.71. The Hall–Kier alpha value is -2.63. The molecule has 0 saturated carbocycles. The Morgan fingerprint density at radius 1 is 1.07 bits per heavy atom. The van der Waals surface area contributed by atoms with E-state index < -0.39 is 20.0 Å². The molecule has 11 heteroatoms. The predicted molar refractivity (Wildman–Crippen MR) is 114 cm³/mol. The van der Waals surface area contributed by atoms with Crippen molar-refractivity contribution in [2.24, 2.45) is 0 Å². The summed E-state index contributed by atoms with van der Waals surface area (Å²) >= 11 is 0. The Morgan fingerprint density at radius 2 is 1.73 bits per heavy atom. The molecular weight excluding hydrogens is 430 g/mol. The van der Waals surface area contributed by atoms with Gasteiger partial charge >= 0.3 is 0 Å². The van der Waals surface area contributed by atoms with Crippen LogP contribution in [0.4, 0.5) is 5.69 Å². The van der Waals surface area contributed by atoms with Gasteiger partial charge in [-0.1, -0.05) is 30.3 Å². The zero-order chi connectivity index (χ0) is 22.4. The van der Waals surface area contributed by atoms with Crippen molar-refractivity contribution < 1.29 is 26.4 Å². The van der Waals surface area contributed by atoms with Gasteiger partial charge in [0.2, 0.25) is 26.0 Å². The van der Waals surface area contributed by atoms with Crippen molar-refractivity contribution >= 4 is 31.6 Å². The molecule has 0 unspecified atom stereocenters. The number of hydrogen-bond acceptors (Lipinski definition) is 6. The van der Waals surface area contributed by atoms with Gasteiger partial charge in [0.1, 0.15) is 5.75 Å². The maximum absolute atomic E-state index is 12.6. The molecule has 0 aliphatic rings. The minimum absolute atomic E-state index is 0.0433. The first-order valence-corrected chi connectivity index (χ1v) is 12.3. The van der Waals surface area contributed by atoms with Gasteiger partial charge < -0.3 is 10.1 Å². The summed E-state index contributed by atoms with van der Waals surface area (Å²) in [5.41, 5.74) is 1.02. The van der Waals surface area contributed by atoms with E-state index in [4.69, 9.17) is 4.74 Å². The molecule has 0 heterocycles. The van der Waals surface area contributed by atoms with Crippen LogP contribution in [0.5, 0.6) is 5.75 Å². The second-order valence-electron chi connectivity index (χ2n) is 6.47. The van der Waals surface area contributed by atoms with Crippen LogP contribution < -0.4 is 19.1 Å². The van der Waals surface area contributed by atoms with Crippen LogP contribution in [-0.2, 0) is 31.4 Å². The van der Waals surface area contributed by atoms with E-state index in [-0.39, 0.29) is 35.2 Å². The van der Waals surface area contributed by atoms with Crippen molar-refractivity contribution in [2.75, 3.05) is 31.3 Å². The molecule has 0 fully saturated rings. The summed E-state index contributed by atoms with van der Waals surface area (Å²) in [7, 11) is -4.92. The summed E-state index contributed by atoms with van der Waals surface area (Å²) in [6.07, 6.45) is 0.957. The number of hydrogen-bond donors (Lipinski definition) is 2. The van der Waals surface area contributed by atoms with E-state index in [1.807, 2.05) is 30.3 Å². The number of benzene rings is 2. The summed E-state index contributed by atoms with van der Waals surface area (Å²) in [6.45, 7) is 0.248. The summed E-state index contributed by atoms with van der Waals surface area (Å²) in [5.74, 6) is -0.0871. The highest BCUT2D eigenvalue weighted by Crippen LogP contribution is 2.31. The zero-order valence-corrected chi connectivity index (χ0v) is 18.6. The summed E-state index contributed by atoms with van der Waals surface area (Å²) in [4.78, 5) is 11.8. The molecule has 0 aromatic heterocycles. The van der Waals surface area contributed by atoms with Gasteiger partial charge in [-0.25, -0.2) is 21.6 Å². The maximum Gasteiger partial charge on any atom is 0.240 e. The molecule has 2 N–H and O–H groups in total. The van der Waals surface area contributed by atoms with Crippen LogP contribution in [0, 0.1) is 0 Å². The molecule has 2 aromatic carbocycles. The van der Waals surface area contributed by atoms with E-state index in [1.54, 1.807) is 0 Å². The lowest BCUT2D eigenvalue weighted by Gasteiger charge is -2.20. The summed E-state index contributed by atoms with van der Waals surface area (Å²) in [5, 5.41) is 2.72. The molecule has 0 aliphatic carbocycles. The van der Waals surface area contributed by atoms with Gasteiger partial charge in [-0.05, 0) is 23.8 Å². The minimum Gasteiger partial charge on any atom is -0.495 e. The molecule has 30 heavy (non-hydrogen) atoms. The van der Waals surface area contributed by atoms with Gasteiger partial charge in [-0.3, -0.25) is 9.10 Å². The van der Waals surface area contributed by atoms with Crippen LogP contribution in [0.3, 0.4) is 0 Å². The lowest BCUT2D eigenvalue weighted by atomic mass is 10.2. The van der Waals surface area contributed by atoms with Crippen molar-refractivity contribution in [3.05, 3.63) is 54.1 Å². The van der Waals surface area contributed by atoms with E-state index in [1.165, 1.54) is 32.4 Å². The standard InChI is InChI=1S/C19H25N3O6S2/c1-22(29(3,24)25)17-13-16(9-10-18(17)28-2)30(26,27)21-12-11-19(23)20-14-15-7-5-4-6-8-15/h4-10,13,21H,11-12,14H2,1-3H3,(H,20,23). The quantitative estimate of drug-likeness (QED) is 0.553. The third kappa shape index (κ3) is 6.44. The van der Waals surface area contributed by atoms with Crippen LogP contribution >= 0.6 is 0 Å². The van der Waals surface area contributed by atoms with Gasteiger partial charge in [-0.15, -0.1) is 0 Å². The second kappa shape index (κ2) is 9.92. The Labute approximate surface area is 177 Å². The van der Waals surface area contributed by atoms with Crippen LogP contribution in [0.1, 0.15) is 12.0 Å². The lowest BCUT2D eigenvalue weighted by molar-refractivity contribution is -0.121. The second-order valence-corrected chi connectivity index (χ2v) is 10.3. The van der Waals surface area contributed by atoms with E-state index in [0.717, 1.165) is 16.1 Å². The first-order chi connectivity index (χ1) is 14.0. The molecule has 0 radical (unpaired) electrons. The average molecular weight is 456 g/mol. The van der Waals surface area contributed by atoms with Gasteiger partial charge in [0, 0.05) is 26.6 Å². The van der Waals surface area contributed by atoms with Crippen LogP contribution in [0.2, 0.25) is 0 Å². The van der Waals surface area contributed by atoms with Crippen LogP contribution in [0.15, 0.2) is 53.4 Å². The highest BCUT2D eigenvalue weighted by Gasteiger charge is 2.21. The highest BCUT2D eigenvalue weighted by atomic mass is 32.2. The van der Waals surface area contributed by atoms with Gasteiger partial charge in [0.25, 0.3) is 0 Å². The summed E-state index contributed by atoms with van der Waals surface area (Å²) in [6, 6.07) is 13.2. The first-order valence-electron chi connectivity index (χ1n) is 8.97. The molecule has 1 amide bonds. The van der Waals surface area contributed by atoms with Crippen molar-refractivity contribution in [2.45, 2.75) is 17.9 Å². The van der Waals surface area contributed by atoms with Crippen molar-refractivity contribution in [1.82, 2.24) is 10.0 Å². The molecule has 0 aliphatic heterocycles. The molecule has 9 nitrogen and oxygen atoms in total. The molecule has 0 bridgehead atoms. The minimum atomic E-state index is -3.96. The molecule has 0 saturated heterocycles. The van der Waals surface area contributed by atoms with Gasteiger partial charge in [0.15, 0.2) is 0 Å². The number of sulfonamides is 2. The number of carbonyl (C=O) groups excluding carboxylic acids is 1. The lowest BCUT2D eigenvalue weighted by Crippen LogP contribution is -2.31. The predicted octanol–water partition coefficient (Wildman–Crippen LogP) is 1.08. The number of nitrogens with zero attached hydrogens (tertiary/aromatic N) is 1. The number of anilines is 1. The smallest absolute Gasteiger partial charge is 0.240 e. The fraction of sp³-hybridized carbons (Fsp3) is 0.316. The topological polar surface area (TPSA) is 122 Å². The van der Waals surface area contributed by atoms with E-state index in [2.05, 4.69) is 10.0 Å². The number of amides is 1. The van der Waals surface area contributed by atoms with E-state index in [9.17, 15) is 21.6 Å². The normalized spacial score (nSPS) is 11.7. The third-order valence-electron chi connectivity index (χ3n) is 4.27. The van der Waals surface area contributed by atoms with Crippen LogP contribution in [0.25, 0.3) is 0 Å². The zero-order valence-electron chi connectivity index (χ0n) is 17.0. The Morgan fingerprint density at radius 3 is 2.33 bits per heavy atom. The molecule has 164 valence electrons. The highest BCUT2D eigenvalue weighted by molar-refractivity contribution is 7.92. The number of carbonyl (C=O) groups is 1. The Kier molecular flexibility index (Phi) is 7.82. The molecule has 0 spiro atoms. The van der Waals surface area contributed by atoms with Crippen molar-refractivity contribution in [1.29, 1.82) is 0 Å². The SMILES string of the molecule is COc1ccc(S(=O)(=O)NCCC(=O)NCc2ccccc2)cc1N(C)S(C)(=O)=O. The first kappa shape index (κ1) is 23.6. The number of rotatable bonds is 10. The molecule has 2 aromatic rings. The number of nitrogens with one attached hydrogen (secondary N) is 2. The molecular formula is C19H25N3O6S2. The van der Waals surface area contributed by atoms with Gasteiger partial charge in [-0.2, -0.15) is 0 Å². The monoisotopic (exact) mass is 455 g/mol. The molecule has 0 atom stereocenters. The number of ether oxygens (including phenoxy) is 1. The van der Waals surface area contributed by atoms with E-state index in [0.29, 0.717) is 6.54 Å². The van der Waals surface area contributed by atoms with E-state index >= 15 is 0 Å². The summed E-state index contributed by atoms with van der Waals surface area (Å²) < 4.78 is 57.2. The fourth-order valence-electron chi connectivity index (χ4n) is 2.53. The Bertz CT molecular complexity index is 1090. The van der Waals surface area contributed by atoms with Crippen molar-refractivity contribution in [3.63, 3.8) is 0 Å². The van der Waals surface area contributed by atoms with Crippen molar-refractivity contribution in [3.8, 4) is 5.75 Å². The largest absolute Gasteiger partial charge is 0.495 e. The van der Waals surface area contributed by atoms with Crippen LogP contribution in [-0.4, -0.2) is 49.7 Å². The molecule has 2 rings (SSSR count). The number of methoxy groups -OCH3 is 1. The third-order valence-corrected chi connectivity index (χ3v) is 6.92. The maximum atomic E-state index is 12.6. The Balaban J connectivity index is 2.02. The van der Waals surface area contributed by atoms with Gasteiger partial charge in [0.05, 0.1) is 23.9 Å². The fourth-order valence-corrected chi connectivity index (χ4v) is 4.08.